The van der Waals surface area contributed by atoms with Gasteiger partial charge in [-0.25, -0.2) is 0 Å². The van der Waals surface area contributed by atoms with Gasteiger partial charge in [-0.3, -0.25) is 0 Å². The SMILES string of the molecule is C[Si](C)(C)CC1(C#N)CCCNC1. The van der Waals surface area contributed by atoms with E-state index in [4.69, 9.17) is 0 Å². The monoisotopic (exact) mass is 196 g/mol. The van der Waals surface area contributed by atoms with Crippen LogP contribution in [0.4, 0.5) is 0 Å². The predicted molar refractivity (Wildman–Crippen MR) is 58.3 cm³/mol. The first-order valence-corrected chi connectivity index (χ1v) is 8.80. The van der Waals surface area contributed by atoms with E-state index in [0.29, 0.717) is 0 Å². The summed E-state index contributed by atoms with van der Waals surface area (Å²) in [6, 6.07) is 3.69. The Balaban J connectivity index is 2.65. The Morgan fingerprint density at radius 3 is 2.54 bits per heavy atom. The van der Waals surface area contributed by atoms with Crippen LogP contribution in [0.5, 0.6) is 0 Å². The molecule has 1 saturated heterocycles. The molecule has 0 radical (unpaired) electrons. The van der Waals surface area contributed by atoms with Crippen molar-refractivity contribution in [3.05, 3.63) is 0 Å². The van der Waals surface area contributed by atoms with Crippen molar-refractivity contribution >= 4 is 8.07 Å². The largest absolute Gasteiger partial charge is 0.315 e. The van der Waals surface area contributed by atoms with E-state index in [0.717, 1.165) is 32.0 Å². The van der Waals surface area contributed by atoms with Gasteiger partial charge in [-0.15, -0.1) is 0 Å². The number of rotatable bonds is 2. The van der Waals surface area contributed by atoms with Crippen LogP contribution in [-0.2, 0) is 0 Å². The van der Waals surface area contributed by atoms with Crippen molar-refractivity contribution in [2.75, 3.05) is 13.1 Å². The summed E-state index contributed by atoms with van der Waals surface area (Å²) in [7, 11) is -1.10. The smallest absolute Gasteiger partial charge is 0.0700 e. The molecule has 1 N–H and O–H groups in total. The maximum absolute atomic E-state index is 9.24. The predicted octanol–water partition coefficient (Wildman–Crippen LogP) is 2.22. The Labute approximate surface area is 82.3 Å². The van der Waals surface area contributed by atoms with Crippen LogP contribution in [0.25, 0.3) is 0 Å². The van der Waals surface area contributed by atoms with E-state index < -0.39 is 8.07 Å². The van der Waals surface area contributed by atoms with Gasteiger partial charge in [0.25, 0.3) is 0 Å². The molecule has 2 nitrogen and oxygen atoms in total. The van der Waals surface area contributed by atoms with Crippen molar-refractivity contribution in [2.24, 2.45) is 5.41 Å². The van der Waals surface area contributed by atoms with Crippen molar-refractivity contribution in [3.63, 3.8) is 0 Å². The third kappa shape index (κ3) is 3.13. The lowest BCUT2D eigenvalue weighted by atomic mass is 9.84. The Hall–Kier alpha value is -0.333. The minimum absolute atomic E-state index is 0.0390. The van der Waals surface area contributed by atoms with Gasteiger partial charge in [0.05, 0.1) is 11.5 Å². The van der Waals surface area contributed by atoms with Crippen molar-refractivity contribution in [1.29, 1.82) is 5.26 Å². The molecule has 0 spiro atoms. The molecule has 0 amide bonds. The summed E-state index contributed by atoms with van der Waals surface area (Å²) in [5, 5.41) is 12.6. The van der Waals surface area contributed by atoms with Crippen molar-refractivity contribution < 1.29 is 0 Å². The van der Waals surface area contributed by atoms with E-state index >= 15 is 0 Å². The molecular weight excluding hydrogens is 176 g/mol. The van der Waals surface area contributed by atoms with E-state index in [9.17, 15) is 5.26 Å². The zero-order valence-electron chi connectivity index (χ0n) is 8.98. The molecule has 1 fully saturated rings. The third-order valence-corrected chi connectivity index (χ3v) is 4.32. The fraction of sp³-hybridized carbons (Fsp3) is 0.900. The first kappa shape index (κ1) is 10.7. The van der Waals surface area contributed by atoms with Crippen molar-refractivity contribution in [1.82, 2.24) is 5.32 Å². The van der Waals surface area contributed by atoms with Gasteiger partial charge in [0.1, 0.15) is 0 Å². The van der Waals surface area contributed by atoms with Gasteiger partial charge in [-0.1, -0.05) is 19.6 Å². The van der Waals surface area contributed by atoms with Crippen LogP contribution < -0.4 is 5.32 Å². The topological polar surface area (TPSA) is 35.8 Å². The number of nitrogens with zero attached hydrogens (tertiary/aromatic N) is 1. The lowest BCUT2D eigenvalue weighted by Crippen LogP contribution is -2.43. The molecular formula is C10H20N2Si. The Bertz CT molecular complexity index is 206. The Morgan fingerprint density at radius 2 is 2.15 bits per heavy atom. The number of piperidine rings is 1. The molecule has 1 rings (SSSR count). The molecule has 0 bridgehead atoms. The maximum atomic E-state index is 9.24. The summed E-state index contributed by atoms with van der Waals surface area (Å²) in [4.78, 5) is 0. The highest BCUT2D eigenvalue weighted by atomic mass is 28.3. The van der Waals surface area contributed by atoms with Crippen LogP contribution in [0.3, 0.4) is 0 Å². The van der Waals surface area contributed by atoms with E-state index in [1.165, 1.54) is 0 Å². The van der Waals surface area contributed by atoms with Gasteiger partial charge >= 0.3 is 0 Å². The summed E-state index contributed by atoms with van der Waals surface area (Å²) >= 11 is 0. The third-order valence-electron chi connectivity index (χ3n) is 2.58. The maximum Gasteiger partial charge on any atom is 0.0700 e. The zero-order chi connectivity index (χ0) is 9.95. The summed E-state index contributed by atoms with van der Waals surface area (Å²) in [5.74, 6) is 0. The van der Waals surface area contributed by atoms with Crippen LogP contribution >= 0.6 is 0 Å². The number of nitriles is 1. The van der Waals surface area contributed by atoms with E-state index in [1.807, 2.05) is 0 Å². The van der Waals surface area contributed by atoms with Crippen LogP contribution in [0.1, 0.15) is 12.8 Å². The lowest BCUT2D eigenvalue weighted by molar-refractivity contribution is 0.313. The highest BCUT2D eigenvalue weighted by Crippen LogP contribution is 2.34. The van der Waals surface area contributed by atoms with Gasteiger partial charge < -0.3 is 5.32 Å². The van der Waals surface area contributed by atoms with Gasteiger partial charge in [-0.2, -0.15) is 5.26 Å². The van der Waals surface area contributed by atoms with Gasteiger partial charge in [0.15, 0.2) is 0 Å². The Kier molecular flexibility index (Phi) is 3.15. The quantitative estimate of drug-likeness (QED) is 0.687. The number of hydrogen-bond acceptors (Lipinski definition) is 2. The average molecular weight is 196 g/mol. The average Bonchev–Trinajstić information content (AvgIpc) is 2.03. The van der Waals surface area contributed by atoms with Crippen LogP contribution in [0, 0.1) is 16.7 Å². The molecule has 1 atom stereocenters. The standard InChI is InChI=1S/C10H20N2Si/c1-13(2,3)9-10(7-11)5-4-6-12-8-10/h12H,4-6,8-9H2,1-3H3. The second-order valence-electron chi connectivity index (χ2n) is 5.41. The van der Waals surface area contributed by atoms with E-state index in [2.05, 4.69) is 31.0 Å². The fourth-order valence-electron chi connectivity index (χ4n) is 2.27. The Morgan fingerprint density at radius 1 is 1.46 bits per heavy atom. The molecule has 0 aliphatic carbocycles. The van der Waals surface area contributed by atoms with E-state index in [-0.39, 0.29) is 5.41 Å². The molecule has 0 aromatic carbocycles. The molecule has 0 saturated carbocycles. The van der Waals surface area contributed by atoms with Crippen molar-refractivity contribution in [3.8, 4) is 6.07 Å². The summed E-state index contributed by atoms with van der Waals surface area (Å²) in [5.41, 5.74) is -0.0390. The first-order chi connectivity index (χ1) is 5.97. The summed E-state index contributed by atoms with van der Waals surface area (Å²) in [6.45, 7) is 9.05. The van der Waals surface area contributed by atoms with Crippen LogP contribution in [0.15, 0.2) is 0 Å². The fourth-order valence-corrected chi connectivity index (χ4v) is 4.68. The minimum atomic E-state index is -1.10. The lowest BCUT2D eigenvalue weighted by Gasteiger charge is -2.35. The molecule has 1 heterocycles. The number of hydrogen-bond donors (Lipinski definition) is 1. The first-order valence-electron chi connectivity index (χ1n) is 5.09. The second-order valence-corrected chi connectivity index (χ2v) is 10.9. The van der Waals surface area contributed by atoms with Crippen LogP contribution in [-0.4, -0.2) is 21.2 Å². The molecule has 1 aliphatic heterocycles. The molecule has 0 aromatic rings. The summed E-state index contributed by atoms with van der Waals surface area (Å²) < 4.78 is 0. The highest BCUT2D eigenvalue weighted by molar-refractivity contribution is 6.76. The molecule has 13 heavy (non-hydrogen) atoms. The zero-order valence-corrected chi connectivity index (χ0v) is 9.98. The van der Waals surface area contributed by atoms with Gasteiger partial charge in [0, 0.05) is 14.6 Å². The van der Waals surface area contributed by atoms with E-state index in [1.54, 1.807) is 0 Å². The molecule has 74 valence electrons. The minimum Gasteiger partial charge on any atom is -0.315 e. The second kappa shape index (κ2) is 3.81. The molecule has 1 aliphatic rings. The molecule has 1 unspecified atom stereocenters. The normalized spacial score (nSPS) is 29.7. The number of nitrogens with one attached hydrogen (secondary N) is 1. The van der Waals surface area contributed by atoms with Gasteiger partial charge in [0.2, 0.25) is 0 Å². The summed E-state index contributed by atoms with van der Waals surface area (Å²) in [6.07, 6.45) is 2.26. The molecule has 3 heteroatoms. The highest BCUT2D eigenvalue weighted by Gasteiger charge is 2.36. The van der Waals surface area contributed by atoms with Crippen molar-refractivity contribution in [2.45, 2.75) is 38.5 Å². The molecule has 0 aromatic heterocycles. The van der Waals surface area contributed by atoms with Crippen LogP contribution in [0.2, 0.25) is 25.7 Å². The van der Waals surface area contributed by atoms with Gasteiger partial charge in [-0.05, 0) is 25.4 Å².